The number of carbonyl (C=O) groups is 1. The molecule has 0 amide bonds. The molecule has 5 nitrogen and oxygen atoms in total. The molecular weight excluding hydrogens is 520 g/mol. The Morgan fingerprint density at radius 3 is 1.36 bits per heavy atom. The SMILES string of the molecule is C=CCN(C)CCCCCCCCOc1ccc2c(c1)C(=O)c1cc(OCCCCCCCCN(C)CC=C)ccc1-2. The van der Waals surface area contributed by atoms with Crippen molar-refractivity contribution in [1.29, 1.82) is 0 Å². The maximum absolute atomic E-state index is 13.2. The highest BCUT2D eigenvalue weighted by Gasteiger charge is 2.27. The summed E-state index contributed by atoms with van der Waals surface area (Å²) in [6.45, 7) is 13.2. The minimum atomic E-state index is 0.0633. The zero-order valence-corrected chi connectivity index (χ0v) is 26.4. The van der Waals surface area contributed by atoms with E-state index in [1.807, 2.05) is 48.6 Å². The number of carbonyl (C=O) groups excluding carboxylic acids is 1. The number of likely N-dealkylation sites (N-methyl/N-ethyl adjacent to an activating group) is 2. The molecular formula is C37H54N2O3. The number of rotatable bonds is 24. The third kappa shape index (κ3) is 11.4. The Morgan fingerprint density at radius 1 is 0.571 bits per heavy atom. The fraction of sp³-hybridized carbons (Fsp3) is 0.541. The van der Waals surface area contributed by atoms with Gasteiger partial charge in [0.05, 0.1) is 13.2 Å². The Labute approximate surface area is 255 Å². The van der Waals surface area contributed by atoms with E-state index in [2.05, 4.69) is 37.1 Å². The Kier molecular flexibility index (Phi) is 15.5. The number of benzene rings is 2. The quantitative estimate of drug-likeness (QED) is 0.0792. The first kappa shape index (κ1) is 33.6. The number of hydrogen-bond donors (Lipinski definition) is 0. The van der Waals surface area contributed by atoms with Crippen molar-refractivity contribution >= 4 is 5.78 Å². The molecule has 1 aliphatic carbocycles. The summed E-state index contributed by atoms with van der Waals surface area (Å²) in [6.07, 6.45) is 18.4. The molecule has 230 valence electrons. The first-order valence-corrected chi connectivity index (χ1v) is 16.2. The van der Waals surface area contributed by atoms with Gasteiger partial charge in [0, 0.05) is 24.2 Å². The van der Waals surface area contributed by atoms with E-state index in [4.69, 9.17) is 9.47 Å². The zero-order chi connectivity index (χ0) is 30.0. The third-order valence-electron chi connectivity index (χ3n) is 8.05. The molecule has 2 aromatic rings. The number of unbranched alkanes of at least 4 members (excludes halogenated alkanes) is 10. The topological polar surface area (TPSA) is 42.0 Å². The highest BCUT2D eigenvalue weighted by molar-refractivity contribution is 6.22. The second kappa shape index (κ2) is 19.3. The number of ether oxygens (including phenoxy) is 2. The third-order valence-corrected chi connectivity index (χ3v) is 8.05. The van der Waals surface area contributed by atoms with Gasteiger partial charge < -0.3 is 19.3 Å². The molecule has 0 heterocycles. The van der Waals surface area contributed by atoms with Crippen LogP contribution >= 0.6 is 0 Å². The molecule has 0 aromatic heterocycles. The van der Waals surface area contributed by atoms with Gasteiger partial charge in [-0.05, 0) is 100 Å². The van der Waals surface area contributed by atoms with E-state index in [-0.39, 0.29) is 5.78 Å². The van der Waals surface area contributed by atoms with Crippen molar-refractivity contribution in [1.82, 2.24) is 9.80 Å². The van der Waals surface area contributed by atoms with Crippen LogP contribution in [0.4, 0.5) is 0 Å². The lowest BCUT2D eigenvalue weighted by Crippen LogP contribution is -2.19. The Balaban J connectivity index is 1.31. The van der Waals surface area contributed by atoms with Gasteiger partial charge in [0.2, 0.25) is 0 Å². The molecule has 2 aromatic carbocycles. The van der Waals surface area contributed by atoms with Gasteiger partial charge in [-0.2, -0.15) is 0 Å². The first-order chi connectivity index (χ1) is 20.5. The van der Waals surface area contributed by atoms with Crippen LogP contribution in [-0.4, -0.2) is 69.1 Å². The second-order valence-corrected chi connectivity index (χ2v) is 11.8. The summed E-state index contributed by atoms with van der Waals surface area (Å²) >= 11 is 0. The summed E-state index contributed by atoms with van der Waals surface area (Å²) in [5, 5.41) is 0. The molecule has 5 heteroatoms. The van der Waals surface area contributed by atoms with Gasteiger partial charge in [-0.15, -0.1) is 13.2 Å². The lowest BCUT2D eigenvalue weighted by Gasteiger charge is -2.13. The lowest BCUT2D eigenvalue weighted by atomic mass is 10.1. The minimum absolute atomic E-state index is 0.0633. The summed E-state index contributed by atoms with van der Waals surface area (Å²) < 4.78 is 12.0. The molecule has 0 atom stereocenters. The molecule has 3 rings (SSSR count). The van der Waals surface area contributed by atoms with Crippen molar-refractivity contribution in [2.24, 2.45) is 0 Å². The van der Waals surface area contributed by atoms with Gasteiger partial charge in [-0.3, -0.25) is 4.79 Å². The van der Waals surface area contributed by atoms with E-state index in [1.165, 1.54) is 64.2 Å². The molecule has 0 saturated heterocycles. The van der Waals surface area contributed by atoms with Crippen LogP contribution in [0.5, 0.6) is 11.5 Å². The summed E-state index contributed by atoms with van der Waals surface area (Å²) in [5.41, 5.74) is 3.44. The smallest absolute Gasteiger partial charge is 0.194 e. The molecule has 0 fully saturated rings. The highest BCUT2D eigenvalue weighted by Crippen LogP contribution is 2.40. The van der Waals surface area contributed by atoms with Crippen molar-refractivity contribution in [3.63, 3.8) is 0 Å². The molecule has 0 radical (unpaired) electrons. The Morgan fingerprint density at radius 2 is 0.952 bits per heavy atom. The van der Waals surface area contributed by atoms with Crippen LogP contribution in [0.15, 0.2) is 61.7 Å². The van der Waals surface area contributed by atoms with E-state index >= 15 is 0 Å². The number of nitrogens with zero attached hydrogens (tertiary/aromatic N) is 2. The van der Waals surface area contributed by atoms with Crippen LogP contribution in [0, 0.1) is 0 Å². The van der Waals surface area contributed by atoms with Gasteiger partial charge in [0.15, 0.2) is 5.78 Å². The highest BCUT2D eigenvalue weighted by atomic mass is 16.5. The van der Waals surface area contributed by atoms with Crippen molar-refractivity contribution < 1.29 is 14.3 Å². The van der Waals surface area contributed by atoms with Crippen molar-refractivity contribution in [2.75, 3.05) is 53.5 Å². The molecule has 0 unspecified atom stereocenters. The molecule has 42 heavy (non-hydrogen) atoms. The predicted molar refractivity (Wildman–Crippen MR) is 177 cm³/mol. The molecule has 0 spiro atoms. The zero-order valence-electron chi connectivity index (χ0n) is 26.4. The van der Waals surface area contributed by atoms with Crippen LogP contribution < -0.4 is 9.47 Å². The van der Waals surface area contributed by atoms with Crippen molar-refractivity contribution in [3.05, 3.63) is 72.8 Å². The van der Waals surface area contributed by atoms with Gasteiger partial charge >= 0.3 is 0 Å². The van der Waals surface area contributed by atoms with Crippen molar-refractivity contribution in [3.8, 4) is 22.6 Å². The molecule has 0 aliphatic heterocycles. The largest absolute Gasteiger partial charge is 0.494 e. The summed E-state index contributed by atoms with van der Waals surface area (Å²) in [6, 6.07) is 11.9. The summed E-state index contributed by atoms with van der Waals surface area (Å²) in [4.78, 5) is 17.8. The monoisotopic (exact) mass is 574 g/mol. The average Bonchev–Trinajstić information content (AvgIpc) is 3.26. The van der Waals surface area contributed by atoms with Crippen LogP contribution in [0.3, 0.4) is 0 Å². The Hall–Kier alpha value is -2.89. The van der Waals surface area contributed by atoms with Crippen LogP contribution in [0.25, 0.3) is 11.1 Å². The maximum Gasteiger partial charge on any atom is 0.194 e. The summed E-state index contributed by atoms with van der Waals surface area (Å²) in [5.74, 6) is 1.62. The maximum atomic E-state index is 13.2. The molecule has 0 N–H and O–H groups in total. The second-order valence-electron chi connectivity index (χ2n) is 11.8. The molecule has 1 aliphatic rings. The van der Waals surface area contributed by atoms with Gasteiger partial charge in [0.25, 0.3) is 0 Å². The van der Waals surface area contributed by atoms with Crippen LogP contribution in [0.1, 0.15) is 93.0 Å². The van der Waals surface area contributed by atoms with Gasteiger partial charge in [-0.25, -0.2) is 0 Å². The fourth-order valence-electron chi connectivity index (χ4n) is 5.60. The molecule has 0 bridgehead atoms. The lowest BCUT2D eigenvalue weighted by molar-refractivity contribution is 0.104. The van der Waals surface area contributed by atoms with E-state index in [0.29, 0.717) is 13.2 Å². The summed E-state index contributed by atoms with van der Waals surface area (Å²) in [7, 11) is 4.29. The molecule has 0 saturated carbocycles. The number of hydrogen-bond acceptors (Lipinski definition) is 5. The normalized spacial score (nSPS) is 12.0. The van der Waals surface area contributed by atoms with Crippen LogP contribution in [-0.2, 0) is 0 Å². The fourth-order valence-corrected chi connectivity index (χ4v) is 5.60. The number of fused-ring (bicyclic) bond motifs is 3. The van der Waals surface area contributed by atoms with E-state index in [9.17, 15) is 4.79 Å². The first-order valence-electron chi connectivity index (χ1n) is 16.2. The Bertz CT molecular complexity index is 1030. The predicted octanol–water partition coefficient (Wildman–Crippen LogP) is 8.57. The van der Waals surface area contributed by atoms with Gasteiger partial charge in [-0.1, -0.05) is 63.5 Å². The van der Waals surface area contributed by atoms with E-state index < -0.39 is 0 Å². The number of ketones is 1. The van der Waals surface area contributed by atoms with E-state index in [1.54, 1.807) is 0 Å². The van der Waals surface area contributed by atoms with E-state index in [0.717, 1.165) is 72.8 Å². The van der Waals surface area contributed by atoms with Crippen LogP contribution in [0.2, 0.25) is 0 Å². The standard InChI is InChI=1S/C37H54N2O3/c1-5-23-38(3)25-15-11-7-9-13-17-27-41-31-19-21-33-34-22-20-32(30-36(34)37(40)35(33)29-31)42-28-18-14-10-8-12-16-26-39(4)24-6-2/h5-6,19-22,29-30H,1-2,7-18,23-28H2,3-4H3. The van der Waals surface area contributed by atoms with Gasteiger partial charge in [0.1, 0.15) is 11.5 Å². The van der Waals surface area contributed by atoms with Crippen molar-refractivity contribution in [2.45, 2.75) is 77.0 Å². The average molecular weight is 575 g/mol. The minimum Gasteiger partial charge on any atom is -0.494 e.